The Hall–Kier alpha value is -1.28. The summed E-state index contributed by atoms with van der Waals surface area (Å²) in [5.74, 6) is 1.35. The largest absolute Gasteiger partial charge is 0.373 e. The van der Waals surface area contributed by atoms with Crippen molar-refractivity contribution in [1.29, 1.82) is 0 Å². The second kappa shape index (κ2) is 4.53. The first kappa shape index (κ1) is 12.2. The van der Waals surface area contributed by atoms with Gasteiger partial charge >= 0.3 is 0 Å². The van der Waals surface area contributed by atoms with Crippen LogP contribution >= 0.6 is 11.6 Å². The summed E-state index contributed by atoms with van der Waals surface area (Å²) < 4.78 is 0. The lowest BCUT2D eigenvalue weighted by Crippen LogP contribution is -2.01. The SMILES string of the molecule is CNc1nc2c(Cl)cc(C)cc2cc1C(C)C. The van der Waals surface area contributed by atoms with Gasteiger partial charge in [0, 0.05) is 12.4 Å². The Morgan fingerprint density at radius 1 is 1.24 bits per heavy atom. The zero-order chi connectivity index (χ0) is 12.6. The van der Waals surface area contributed by atoms with E-state index in [1.807, 2.05) is 20.0 Å². The third kappa shape index (κ3) is 2.22. The molecule has 3 heteroatoms. The van der Waals surface area contributed by atoms with Gasteiger partial charge in [-0.3, -0.25) is 0 Å². The third-order valence-corrected chi connectivity index (χ3v) is 3.19. The molecule has 0 amide bonds. The van der Waals surface area contributed by atoms with Gasteiger partial charge in [-0.15, -0.1) is 0 Å². The van der Waals surface area contributed by atoms with Gasteiger partial charge in [-0.2, -0.15) is 0 Å². The second-order valence-electron chi connectivity index (χ2n) is 4.65. The summed E-state index contributed by atoms with van der Waals surface area (Å²) >= 11 is 6.23. The molecule has 0 spiro atoms. The van der Waals surface area contributed by atoms with Gasteiger partial charge in [0.25, 0.3) is 0 Å². The van der Waals surface area contributed by atoms with Crippen molar-refractivity contribution >= 4 is 28.3 Å². The number of halogens is 1. The number of benzene rings is 1. The standard InChI is InChI=1S/C14H17ClN2/c1-8(2)11-7-10-5-9(3)6-12(15)13(10)17-14(11)16-4/h5-8H,1-4H3,(H,16,17). The van der Waals surface area contributed by atoms with Gasteiger partial charge in [0.1, 0.15) is 5.82 Å². The first-order chi connectivity index (χ1) is 8.02. The molecule has 0 aliphatic carbocycles. The number of pyridine rings is 1. The van der Waals surface area contributed by atoms with E-state index < -0.39 is 0 Å². The van der Waals surface area contributed by atoms with Crippen LogP contribution in [0.4, 0.5) is 5.82 Å². The number of hydrogen-bond acceptors (Lipinski definition) is 2. The predicted molar refractivity (Wildman–Crippen MR) is 75.1 cm³/mol. The minimum absolute atomic E-state index is 0.439. The molecule has 0 atom stereocenters. The molecule has 1 aromatic carbocycles. The van der Waals surface area contributed by atoms with Crippen LogP contribution in [0.2, 0.25) is 5.02 Å². The van der Waals surface area contributed by atoms with Gasteiger partial charge in [0.15, 0.2) is 0 Å². The number of nitrogens with one attached hydrogen (secondary N) is 1. The number of aryl methyl sites for hydroxylation is 1. The molecule has 0 unspecified atom stereocenters. The van der Waals surface area contributed by atoms with E-state index in [2.05, 4.69) is 36.3 Å². The number of nitrogens with zero attached hydrogens (tertiary/aromatic N) is 1. The number of rotatable bonds is 2. The topological polar surface area (TPSA) is 24.9 Å². The highest BCUT2D eigenvalue weighted by Crippen LogP contribution is 2.30. The molecule has 0 fully saturated rings. The molecule has 0 saturated carbocycles. The molecule has 0 aliphatic rings. The van der Waals surface area contributed by atoms with Gasteiger partial charge in [0.05, 0.1) is 10.5 Å². The molecule has 2 rings (SSSR count). The van der Waals surface area contributed by atoms with Crippen molar-refractivity contribution in [3.8, 4) is 0 Å². The van der Waals surface area contributed by atoms with Gasteiger partial charge in [-0.25, -0.2) is 4.98 Å². The Morgan fingerprint density at radius 3 is 2.53 bits per heavy atom. The van der Waals surface area contributed by atoms with Crippen molar-refractivity contribution < 1.29 is 0 Å². The Morgan fingerprint density at radius 2 is 1.94 bits per heavy atom. The lowest BCUT2D eigenvalue weighted by atomic mass is 10.0. The van der Waals surface area contributed by atoms with E-state index in [1.54, 1.807) is 0 Å². The van der Waals surface area contributed by atoms with Crippen LogP contribution < -0.4 is 5.32 Å². The van der Waals surface area contributed by atoms with E-state index in [0.717, 1.165) is 22.3 Å². The summed E-state index contributed by atoms with van der Waals surface area (Å²) in [6.07, 6.45) is 0. The molecule has 2 aromatic rings. The van der Waals surface area contributed by atoms with Crippen LogP contribution in [0.1, 0.15) is 30.9 Å². The molecular formula is C14H17ClN2. The number of aromatic nitrogens is 1. The van der Waals surface area contributed by atoms with E-state index in [1.165, 1.54) is 5.56 Å². The van der Waals surface area contributed by atoms with Crippen LogP contribution in [0.5, 0.6) is 0 Å². The molecule has 0 radical (unpaired) electrons. The zero-order valence-corrected chi connectivity index (χ0v) is 11.4. The molecular weight excluding hydrogens is 232 g/mol. The van der Waals surface area contributed by atoms with E-state index in [0.29, 0.717) is 10.9 Å². The monoisotopic (exact) mass is 248 g/mol. The second-order valence-corrected chi connectivity index (χ2v) is 5.06. The first-order valence-electron chi connectivity index (χ1n) is 5.81. The number of fused-ring (bicyclic) bond motifs is 1. The van der Waals surface area contributed by atoms with Crippen LogP contribution in [-0.2, 0) is 0 Å². The average Bonchev–Trinajstić information content (AvgIpc) is 2.27. The Bertz CT molecular complexity index is 562. The van der Waals surface area contributed by atoms with Crippen molar-refractivity contribution in [1.82, 2.24) is 4.98 Å². The van der Waals surface area contributed by atoms with Crippen LogP contribution in [-0.4, -0.2) is 12.0 Å². The van der Waals surface area contributed by atoms with Crippen molar-refractivity contribution in [2.75, 3.05) is 12.4 Å². The first-order valence-corrected chi connectivity index (χ1v) is 6.19. The minimum Gasteiger partial charge on any atom is -0.373 e. The lowest BCUT2D eigenvalue weighted by molar-refractivity contribution is 0.864. The summed E-state index contributed by atoms with van der Waals surface area (Å²) in [4.78, 5) is 4.61. The maximum atomic E-state index is 6.23. The zero-order valence-electron chi connectivity index (χ0n) is 10.6. The van der Waals surface area contributed by atoms with Gasteiger partial charge in [0.2, 0.25) is 0 Å². The van der Waals surface area contributed by atoms with Crippen molar-refractivity contribution in [2.45, 2.75) is 26.7 Å². The summed E-state index contributed by atoms with van der Waals surface area (Å²) in [5, 5.41) is 4.96. The minimum atomic E-state index is 0.439. The van der Waals surface area contributed by atoms with E-state index in [-0.39, 0.29) is 0 Å². The average molecular weight is 249 g/mol. The lowest BCUT2D eigenvalue weighted by Gasteiger charge is -2.13. The summed E-state index contributed by atoms with van der Waals surface area (Å²) in [6.45, 7) is 6.38. The molecule has 0 bridgehead atoms. The summed E-state index contributed by atoms with van der Waals surface area (Å²) in [7, 11) is 1.89. The molecule has 0 saturated heterocycles. The maximum Gasteiger partial charge on any atom is 0.129 e. The molecule has 1 heterocycles. The van der Waals surface area contributed by atoms with E-state index in [4.69, 9.17) is 11.6 Å². The molecule has 2 nitrogen and oxygen atoms in total. The maximum absolute atomic E-state index is 6.23. The van der Waals surface area contributed by atoms with Crippen LogP contribution in [0.15, 0.2) is 18.2 Å². The highest BCUT2D eigenvalue weighted by molar-refractivity contribution is 6.35. The van der Waals surface area contributed by atoms with Crippen LogP contribution in [0, 0.1) is 6.92 Å². The molecule has 90 valence electrons. The molecule has 1 N–H and O–H groups in total. The number of hydrogen-bond donors (Lipinski definition) is 1. The number of anilines is 1. The molecule has 17 heavy (non-hydrogen) atoms. The van der Waals surface area contributed by atoms with Crippen LogP contribution in [0.25, 0.3) is 10.9 Å². The Kier molecular flexibility index (Phi) is 3.25. The van der Waals surface area contributed by atoms with Crippen molar-refractivity contribution in [3.63, 3.8) is 0 Å². The Labute approximate surface area is 107 Å². The third-order valence-electron chi connectivity index (χ3n) is 2.90. The van der Waals surface area contributed by atoms with Crippen molar-refractivity contribution in [3.05, 3.63) is 34.3 Å². The fourth-order valence-electron chi connectivity index (χ4n) is 2.04. The highest BCUT2D eigenvalue weighted by Gasteiger charge is 2.11. The molecule has 0 aliphatic heterocycles. The fourth-order valence-corrected chi connectivity index (χ4v) is 2.37. The molecule has 1 aromatic heterocycles. The Balaban J connectivity index is 2.78. The normalized spacial score (nSPS) is 11.2. The van der Waals surface area contributed by atoms with Gasteiger partial charge in [-0.1, -0.05) is 25.4 Å². The smallest absolute Gasteiger partial charge is 0.129 e. The van der Waals surface area contributed by atoms with Gasteiger partial charge < -0.3 is 5.32 Å². The van der Waals surface area contributed by atoms with E-state index >= 15 is 0 Å². The van der Waals surface area contributed by atoms with Gasteiger partial charge in [-0.05, 0) is 42.2 Å². The highest BCUT2D eigenvalue weighted by atomic mass is 35.5. The van der Waals surface area contributed by atoms with Crippen LogP contribution in [0.3, 0.4) is 0 Å². The summed E-state index contributed by atoms with van der Waals surface area (Å²) in [6, 6.07) is 6.25. The van der Waals surface area contributed by atoms with E-state index in [9.17, 15) is 0 Å². The van der Waals surface area contributed by atoms with Crippen molar-refractivity contribution in [2.24, 2.45) is 0 Å². The quantitative estimate of drug-likeness (QED) is 0.854. The summed E-state index contributed by atoms with van der Waals surface area (Å²) in [5.41, 5.74) is 3.25. The predicted octanol–water partition coefficient (Wildman–Crippen LogP) is 4.36. The fraction of sp³-hybridized carbons (Fsp3) is 0.357.